The molecule has 0 aliphatic rings. The highest BCUT2D eigenvalue weighted by Gasteiger charge is 2.12. The Morgan fingerprint density at radius 3 is 2.67 bits per heavy atom. The number of likely N-dealkylation sites (N-methyl/N-ethyl adjacent to an activating group) is 1. The average molecular weight is 211 g/mol. The molecule has 0 amide bonds. The number of nitrogens with two attached hydrogens (primary N) is 1. The fourth-order valence-corrected chi connectivity index (χ4v) is 1.51. The monoisotopic (exact) mass is 211 g/mol. The maximum Gasteiger partial charge on any atom is 0.147 e. The number of aryl methyl sites for hydroxylation is 1. The van der Waals surface area contributed by atoms with Crippen LogP contribution in [0.5, 0.6) is 0 Å². The Hall–Kier alpha value is -0.940. The molecular weight excluding hydrogens is 190 g/mol. The Morgan fingerprint density at radius 1 is 1.47 bits per heavy atom. The van der Waals surface area contributed by atoms with Crippen LogP contribution in [-0.2, 0) is 13.1 Å². The molecule has 0 saturated heterocycles. The lowest BCUT2D eigenvalue weighted by Crippen LogP contribution is -2.35. The van der Waals surface area contributed by atoms with E-state index in [4.69, 9.17) is 5.73 Å². The van der Waals surface area contributed by atoms with E-state index in [1.807, 2.05) is 6.92 Å². The van der Waals surface area contributed by atoms with E-state index in [2.05, 4.69) is 40.6 Å². The predicted molar refractivity (Wildman–Crippen MR) is 60.4 cm³/mol. The Labute approximate surface area is 91.3 Å². The van der Waals surface area contributed by atoms with Crippen LogP contribution in [0.2, 0.25) is 0 Å². The lowest BCUT2D eigenvalue weighted by molar-refractivity contribution is 0.245. The van der Waals surface area contributed by atoms with Crippen molar-refractivity contribution in [1.82, 2.24) is 19.7 Å². The van der Waals surface area contributed by atoms with Crippen LogP contribution < -0.4 is 5.73 Å². The molecule has 0 radical (unpaired) electrons. The number of hydrogen-bond donors (Lipinski definition) is 1. The largest absolute Gasteiger partial charge is 0.329 e. The lowest BCUT2D eigenvalue weighted by atomic mass is 10.3. The second-order valence-electron chi connectivity index (χ2n) is 3.91. The molecule has 1 unspecified atom stereocenters. The third-order valence-corrected chi connectivity index (χ3v) is 2.81. The summed E-state index contributed by atoms with van der Waals surface area (Å²) in [5.41, 5.74) is 5.62. The number of nitrogens with zero attached hydrogens (tertiary/aromatic N) is 4. The molecule has 2 N–H and O–H groups in total. The van der Waals surface area contributed by atoms with Crippen molar-refractivity contribution in [3.63, 3.8) is 0 Å². The van der Waals surface area contributed by atoms with Gasteiger partial charge in [0.05, 0.1) is 6.54 Å². The summed E-state index contributed by atoms with van der Waals surface area (Å²) in [5, 5.41) is 8.25. The van der Waals surface area contributed by atoms with Crippen molar-refractivity contribution in [3.05, 3.63) is 11.6 Å². The summed E-state index contributed by atoms with van der Waals surface area (Å²) in [5.74, 6) is 1.99. The van der Waals surface area contributed by atoms with E-state index in [9.17, 15) is 0 Å². The van der Waals surface area contributed by atoms with Crippen molar-refractivity contribution >= 4 is 0 Å². The Balaban J connectivity index is 2.71. The van der Waals surface area contributed by atoms with Gasteiger partial charge in [0.25, 0.3) is 0 Å². The molecule has 0 saturated carbocycles. The van der Waals surface area contributed by atoms with Crippen molar-refractivity contribution in [2.75, 3.05) is 13.6 Å². The van der Waals surface area contributed by atoms with Gasteiger partial charge >= 0.3 is 0 Å². The minimum Gasteiger partial charge on any atom is -0.329 e. The highest BCUT2D eigenvalue weighted by molar-refractivity contribution is 4.93. The molecule has 0 aliphatic carbocycles. The SMILES string of the molecule is CCn1c(C)nnc1CN(C)C(C)CN. The van der Waals surface area contributed by atoms with Crippen molar-refractivity contribution in [2.24, 2.45) is 5.73 Å². The maximum atomic E-state index is 5.62. The summed E-state index contributed by atoms with van der Waals surface area (Å²) in [7, 11) is 2.06. The normalized spacial score (nSPS) is 13.5. The van der Waals surface area contributed by atoms with Crippen LogP contribution in [0, 0.1) is 6.92 Å². The van der Waals surface area contributed by atoms with E-state index < -0.39 is 0 Å². The zero-order valence-electron chi connectivity index (χ0n) is 10.1. The zero-order chi connectivity index (χ0) is 11.4. The summed E-state index contributed by atoms with van der Waals surface area (Å²) in [6.45, 7) is 8.57. The van der Waals surface area contributed by atoms with Crippen LogP contribution >= 0.6 is 0 Å². The van der Waals surface area contributed by atoms with E-state index in [-0.39, 0.29) is 0 Å². The Kier molecular flexibility index (Phi) is 4.23. The van der Waals surface area contributed by atoms with Gasteiger partial charge in [-0.05, 0) is 27.8 Å². The van der Waals surface area contributed by atoms with Gasteiger partial charge in [0.15, 0.2) is 0 Å². The van der Waals surface area contributed by atoms with Crippen LogP contribution in [0.3, 0.4) is 0 Å². The summed E-state index contributed by atoms with van der Waals surface area (Å²) in [6, 6.07) is 0.368. The zero-order valence-corrected chi connectivity index (χ0v) is 10.1. The molecule has 1 atom stereocenters. The fraction of sp³-hybridized carbons (Fsp3) is 0.800. The van der Waals surface area contributed by atoms with Gasteiger partial charge in [-0.2, -0.15) is 0 Å². The first-order valence-corrected chi connectivity index (χ1v) is 5.39. The quantitative estimate of drug-likeness (QED) is 0.765. The Morgan fingerprint density at radius 2 is 2.13 bits per heavy atom. The summed E-state index contributed by atoms with van der Waals surface area (Å²) < 4.78 is 2.12. The molecule has 0 aliphatic heterocycles. The molecule has 1 aromatic heterocycles. The first-order valence-electron chi connectivity index (χ1n) is 5.39. The van der Waals surface area contributed by atoms with Gasteiger partial charge in [-0.25, -0.2) is 0 Å². The molecule has 1 aromatic rings. The topological polar surface area (TPSA) is 60.0 Å². The standard InChI is InChI=1S/C10H21N5/c1-5-15-9(3)12-13-10(15)7-14(4)8(2)6-11/h8H,5-7,11H2,1-4H3. The van der Waals surface area contributed by atoms with Crippen LogP contribution in [0.4, 0.5) is 0 Å². The second kappa shape index (κ2) is 5.23. The van der Waals surface area contributed by atoms with Gasteiger partial charge in [0.1, 0.15) is 11.6 Å². The third kappa shape index (κ3) is 2.76. The van der Waals surface area contributed by atoms with Gasteiger partial charge in [-0.3, -0.25) is 4.90 Å². The molecular formula is C10H21N5. The summed E-state index contributed by atoms with van der Waals surface area (Å²) in [6.07, 6.45) is 0. The smallest absolute Gasteiger partial charge is 0.147 e. The summed E-state index contributed by atoms with van der Waals surface area (Å²) in [4.78, 5) is 2.19. The number of hydrogen-bond acceptors (Lipinski definition) is 4. The Bertz CT molecular complexity index is 307. The molecule has 0 fully saturated rings. The van der Waals surface area contributed by atoms with Gasteiger partial charge in [-0.1, -0.05) is 0 Å². The number of rotatable bonds is 5. The molecule has 0 bridgehead atoms. The molecule has 0 spiro atoms. The molecule has 5 heteroatoms. The van der Waals surface area contributed by atoms with E-state index >= 15 is 0 Å². The summed E-state index contributed by atoms with van der Waals surface area (Å²) >= 11 is 0. The average Bonchev–Trinajstić information content (AvgIpc) is 2.57. The van der Waals surface area contributed by atoms with Crippen LogP contribution in [0.15, 0.2) is 0 Å². The van der Waals surface area contributed by atoms with Crippen LogP contribution in [0.1, 0.15) is 25.5 Å². The molecule has 15 heavy (non-hydrogen) atoms. The van der Waals surface area contributed by atoms with Gasteiger partial charge in [0, 0.05) is 19.1 Å². The minimum atomic E-state index is 0.368. The second-order valence-corrected chi connectivity index (χ2v) is 3.91. The van der Waals surface area contributed by atoms with E-state index in [0.717, 1.165) is 24.7 Å². The van der Waals surface area contributed by atoms with E-state index in [0.29, 0.717) is 12.6 Å². The fourth-order valence-electron chi connectivity index (χ4n) is 1.51. The van der Waals surface area contributed by atoms with Crippen molar-refractivity contribution in [1.29, 1.82) is 0 Å². The van der Waals surface area contributed by atoms with Crippen LogP contribution in [-0.4, -0.2) is 39.3 Å². The van der Waals surface area contributed by atoms with Crippen molar-refractivity contribution in [3.8, 4) is 0 Å². The van der Waals surface area contributed by atoms with E-state index in [1.54, 1.807) is 0 Å². The first kappa shape index (κ1) is 12.1. The molecule has 0 aromatic carbocycles. The predicted octanol–water partition coefficient (Wildman–Crippen LogP) is 0.385. The molecule has 1 rings (SSSR count). The van der Waals surface area contributed by atoms with Crippen molar-refractivity contribution < 1.29 is 0 Å². The van der Waals surface area contributed by atoms with Gasteiger partial charge in [-0.15, -0.1) is 10.2 Å². The van der Waals surface area contributed by atoms with Crippen molar-refractivity contribution in [2.45, 2.75) is 39.9 Å². The van der Waals surface area contributed by atoms with Gasteiger partial charge < -0.3 is 10.3 Å². The van der Waals surface area contributed by atoms with Crippen LogP contribution in [0.25, 0.3) is 0 Å². The maximum absolute atomic E-state index is 5.62. The highest BCUT2D eigenvalue weighted by atomic mass is 15.3. The third-order valence-electron chi connectivity index (χ3n) is 2.81. The molecule has 86 valence electrons. The molecule has 1 heterocycles. The number of aromatic nitrogens is 3. The lowest BCUT2D eigenvalue weighted by Gasteiger charge is -2.22. The van der Waals surface area contributed by atoms with E-state index in [1.165, 1.54) is 0 Å². The minimum absolute atomic E-state index is 0.368. The van der Waals surface area contributed by atoms with Gasteiger partial charge in [0.2, 0.25) is 0 Å². The molecule has 5 nitrogen and oxygen atoms in total. The first-order chi connectivity index (χ1) is 7.10. The highest BCUT2D eigenvalue weighted by Crippen LogP contribution is 2.05.